The van der Waals surface area contributed by atoms with Crippen molar-refractivity contribution in [1.82, 2.24) is 10.5 Å². The average Bonchev–Trinajstić information content (AvgIpc) is 2.22. The summed E-state index contributed by atoms with van der Waals surface area (Å²) in [5.41, 5.74) is 0. The van der Waals surface area contributed by atoms with Gasteiger partial charge in [-0.15, -0.1) is 0 Å². The Bertz CT molecular complexity index is 325. The minimum absolute atomic E-state index is 0. The van der Waals surface area contributed by atoms with Gasteiger partial charge in [-0.05, 0) is 0 Å². The van der Waals surface area contributed by atoms with Crippen LogP contribution in [0.4, 0.5) is 0 Å². The molecule has 0 bridgehead atoms. The van der Waals surface area contributed by atoms with Crippen molar-refractivity contribution in [1.29, 1.82) is 0 Å². The molecule has 0 N–H and O–H groups in total. The Morgan fingerprint density at radius 1 is 0.591 bits per heavy atom. The van der Waals surface area contributed by atoms with E-state index in [1.54, 1.807) is 0 Å². The molecule has 0 saturated heterocycles. The van der Waals surface area contributed by atoms with Crippen LogP contribution in [-0.2, 0) is 38.5 Å². The maximum Gasteiger partial charge on any atom is 0.326 e. The second-order valence-corrected chi connectivity index (χ2v) is 3.44. The normalized spacial score (nSPS) is 9.18. The molecular weight excluding hydrogens is 325 g/mol. The van der Waals surface area contributed by atoms with Gasteiger partial charge in [-0.2, -0.15) is 0 Å². The van der Waals surface area contributed by atoms with Crippen LogP contribution in [0.2, 0.25) is 0 Å². The number of hydroxylamine groups is 4. The first-order valence-corrected chi connectivity index (χ1v) is 5.50. The Balaban J connectivity index is -0.00000180. The molecule has 118 valence electrons. The highest BCUT2D eigenvalue weighted by molar-refractivity contribution is 5.76. The predicted octanol–water partition coefficient (Wildman–Crippen LogP) is -1.26. The molecule has 0 amide bonds. The molecule has 10 nitrogen and oxygen atoms in total. The van der Waals surface area contributed by atoms with Crippen LogP contribution in [0.25, 0.3) is 0 Å². The fourth-order valence-corrected chi connectivity index (χ4v) is 0.957. The Labute approximate surface area is 159 Å². The van der Waals surface area contributed by atoms with Gasteiger partial charge in [0.25, 0.3) is 0 Å². The molecule has 0 saturated carbocycles. The summed E-state index contributed by atoms with van der Waals surface area (Å²) in [5, 5.41) is 1.15. The third-order valence-corrected chi connectivity index (χ3v) is 1.39. The van der Waals surface area contributed by atoms with Gasteiger partial charge in [0.2, 0.25) is 0 Å². The van der Waals surface area contributed by atoms with E-state index in [0.717, 1.165) is 27.7 Å². The molecule has 22 heavy (non-hydrogen) atoms. The van der Waals surface area contributed by atoms with Crippen molar-refractivity contribution in [3.05, 3.63) is 0 Å². The summed E-state index contributed by atoms with van der Waals surface area (Å²) in [5.74, 6) is -2.90. The quantitative estimate of drug-likeness (QED) is 0.411. The van der Waals surface area contributed by atoms with Crippen LogP contribution in [0, 0.1) is 0 Å². The number of nitrogens with zero attached hydrogens (tertiary/aromatic N) is 2. The van der Waals surface area contributed by atoms with Crippen LogP contribution in [0.3, 0.4) is 0 Å². The van der Waals surface area contributed by atoms with Gasteiger partial charge in [0.05, 0.1) is 13.1 Å². The number of carbonyl (C=O) groups excluding carboxylic acids is 4. The Morgan fingerprint density at radius 2 is 0.773 bits per heavy atom. The van der Waals surface area contributed by atoms with Crippen LogP contribution in [-0.4, -0.2) is 93.5 Å². The molecule has 0 aromatic rings. The van der Waals surface area contributed by atoms with Crippen LogP contribution >= 0.6 is 0 Å². The highest BCUT2D eigenvalue weighted by atomic mass is 24.3. The lowest BCUT2D eigenvalue weighted by Crippen LogP contribution is -2.38. The molecular formula is C10H16Mg2N2O8. The topological polar surface area (TPSA) is 112 Å². The van der Waals surface area contributed by atoms with Crippen LogP contribution in [0.15, 0.2) is 0 Å². The van der Waals surface area contributed by atoms with Crippen molar-refractivity contribution in [3.8, 4) is 0 Å². The van der Waals surface area contributed by atoms with E-state index in [0.29, 0.717) is 10.5 Å². The Morgan fingerprint density at radius 3 is 0.909 bits per heavy atom. The van der Waals surface area contributed by atoms with E-state index >= 15 is 0 Å². The Hall–Kier alpha value is -0.668. The summed E-state index contributed by atoms with van der Waals surface area (Å²) in [6, 6.07) is 0. The van der Waals surface area contributed by atoms with Crippen molar-refractivity contribution in [2.24, 2.45) is 0 Å². The molecule has 0 unspecified atom stereocenters. The molecule has 0 aliphatic heterocycles. The molecule has 0 aliphatic carbocycles. The number of rotatable bonds is 7. The molecule has 4 radical (unpaired) electrons. The van der Waals surface area contributed by atoms with Gasteiger partial charge in [0, 0.05) is 84.3 Å². The van der Waals surface area contributed by atoms with Crippen molar-refractivity contribution in [2.75, 3.05) is 13.1 Å². The molecule has 0 heterocycles. The molecule has 0 spiro atoms. The zero-order valence-corrected chi connectivity index (χ0v) is 15.8. The van der Waals surface area contributed by atoms with Gasteiger partial charge in [0.15, 0.2) is 0 Å². The highest BCUT2D eigenvalue weighted by Crippen LogP contribution is 1.99. The van der Waals surface area contributed by atoms with E-state index in [4.69, 9.17) is 0 Å². The molecule has 0 aliphatic rings. The van der Waals surface area contributed by atoms with Crippen LogP contribution < -0.4 is 0 Å². The second-order valence-electron chi connectivity index (χ2n) is 3.44. The third-order valence-electron chi connectivity index (χ3n) is 1.39. The van der Waals surface area contributed by atoms with Gasteiger partial charge in [-0.3, -0.25) is 19.2 Å². The van der Waals surface area contributed by atoms with Gasteiger partial charge < -0.3 is 19.4 Å². The number of hydrogen-bond donors (Lipinski definition) is 0. The second kappa shape index (κ2) is 14.0. The lowest BCUT2D eigenvalue weighted by Gasteiger charge is -2.22. The van der Waals surface area contributed by atoms with E-state index in [9.17, 15) is 19.2 Å². The van der Waals surface area contributed by atoms with Crippen molar-refractivity contribution in [2.45, 2.75) is 27.7 Å². The molecule has 0 atom stereocenters. The van der Waals surface area contributed by atoms with Gasteiger partial charge in [-0.25, -0.2) is 0 Å². The molecule has 0 rings (SSSR count). The maximum absolute atomic E-state index is 10.8. The molecule has 0 fully saturated rings. The summed E-state index contributed by atoms with van der Waals surface area (Å²) in [7, 11) is 0. The van der Waals surface area contributed by atoms with Crippen LogP contribution in [0.1, 0.15) is 27.7 Å². The summed E-state index contributed by atoms with van der Waals surface area (Å²) < 4.78 is 0. The smallest absolute Gasteiger partial charge is 0.326 e. The fraction of sp³-hybridized carbons (Fsp3) is 0.600. The van der Waals surface area contributed by atoms with Crippen LogP contribution in [0.5, 0.6) is 0 Å². The van der Waals surface area contributed by atoms with E-state index in [1.165, 1.54) is 0 Å². The summed E-state index contributed by atoms with van der Waals surface area (Å²) in [6.45, 7) is 3.97. The van der Waals surface area contributed by atoms with Gasteiger partial charge in [0.1, 0.15) is 0 Å². The van der Waals surface area contributed by atoms with Crippen molar-refractivity contribution in [3.63, 3.8) is 0 Å². The highest BCUT2D eigenvalue weighted by Gasteiger charge is 2.18. The minimum atomic E-state index is -0.724. The fourth-order valence-electron chi connectivity index (χ4n) is 0.957. The summed E-state index contributed by atoms with van der Waals surface area (Å²) in [4.78, 5) is 61.4. The average molecular weight is 341 g/mol. The first kappa shape index (κ1) is 26.2. The molecule has 12 heteroatoms. The third kappa shape index (κ3) is 15.7. The van der Waals surface area contributed by atoms with E-state index in [1.807, 2.05) is 0 Å². The van der Waals surface area contributed by atoms with Gasteiger partial charge >= 0.3 is 23.9 Å². The lowest BCUT2D eigenvalue weighted by atomic mass is 10.7. The monoisotopic (exact) mass is 340 g/mol. The maximum atomic E-state index is 10.8. The van der Waals surface area contributed by atoms with E-state index < -0.39 is 23.9 Å². The van der Waals surface area contributed by atoms with E-state index in [-0.39, 0.29) is 59.2 Å². The molecule has 0 aromatic carbocycles. The zero-order valence-electron chi connectivity index (χ0n) is 13.0. The molecule has 0 aromatic heterocycles. The first-order valence-electron chi connectivity index (χ1n) is 5.50. The summed E-state index contributed by atoms with van der Waals surface area (Å²) in [6.07, 6.45) is 0. The Kier molecular flexibility index (Phi) is 16.6. The standard InChI is InChI=1S/C10H16N2O8.2Mg/c1-7(13)17-11(18-8(2)14)5-6-12(19-9(3)15)20-10(4)16;;/h5-6H2,1-4H3;;. The first-order chi connectivity index (χ1) is 9.20. The zero-order chi connectivity index (χ0) is 15.7. The van der Waals surface area contributed by atoms with Gasteiger partial charge in [-0.1, -0.05) is 0 Å². The predicted molar refractivity (Wildman–Crippen MR) is 72.0 cm³/mol. The van der Waals surface area contributed by atoms with Crippen molar-refractivity contribution < 1.29 is 38.5 Å². The number of carbonyl (C=O) groups is 4. The minimum Gasteiger partial charge on any atom is -0.333 e. The number of hydrogen-bond acceptors (Lipinski definition) is 10. The SMILES string of the molecule is CC(=O)ON(CCN(OC(C)=O)OC(C)=O)OC(C)=O.[Mg].[Mg]. The summed E-state index contributed by atoms with van der Waals surface area (Å²) >= 11 is 0. The van der Waals surface area contributed by atoms with Crippen molar-refractivity contribution >= 4 is 70.0 Å². The largest absolute Gasteiger partial charge is 0.333 e. The van der Waals surface area contributed by atoms with E-state index in [2.05, 4.69) is 19.4 Å². The lowest BCUT2D eigenvalue weighted by molar-refractivity contribution is -0.354.